The smallest absolute Gasteiger partial charge is 0.265 e. The van der Waals surface area contributed by atoms with Crippen LogP contribution in [0.3, 0.4) is 0 Å². The number of aryl methyl sites for hydroxylation is 1. The highest BCUT2D eigenvalue weighted by Crippen LogP contribution is 2.32. The quantitative estimate of drug-likeness (QED) is 0.870. The second-order valence-electron chi connectivity index (χ2n) is 6.30. The maximum Gasteiger partial charge on any atom is 0.265 e. The maximum atomic E-state index is 12.5. The minimum Gasteiger partial charge on any atom is -0.482 e. The molecule has 2 aliphatic rings. The lowest BCUT2D eigenvalue weighted by Crippen LogP contribution is -2.49. The van der Waals surface area contributed by atoms with Gasteiger partial charge in [-0.3, -0.25) is 19.3 Å². The summed E-state index contributed by atoms with van der Waals surface area (Å²) in [7, 11) is 0. The van der Waals surface area contributed by atoms with Crippen molar-refractivity contribution >= 4 is 23.4 Å². The highest BCUT2D eigenvalue weighted by molar-refractivity contribution is 6.02. The lowest BCUT2D eigenvalue weighted by Gasteiger charge is -2.34. The van der Waals surface area contributed by atoms with Gasteiger partial charge in [0.05, 0.1) is 5.69 Å². The molecule has 0 atom stereocenters. The molecule has 2 heterocycles. The normalized spacial score (nSPS) is 18.1. The van der Waals surface area contributed by atoms with Gasteiger partial charge >= 0.3 is 0 Å². The summed E-state index contributed by atoms with van der Waals surface area (Å²) in [5, 5.41) is 0. The van der Waals surface area contributed by atoms with E-state index in [4.69, 9.17) is 10.5 Å². The van der Waals surface area contributed by atoms with Crippen molar-refractivity contribution in [2.75, 3.05) is 31.1 Å². The monoisotopic (exact) mass is 331 g/mol. The van der Waals surface area contributed by atoms with Crippen LogP contribution in [0.2, 0.25) is 0 Å². The number of ether oxygens (including phenoxy) is 1. The molecule has 3 amide bonds. The van der Waals surface area contributed by atoms with Crippen molar-refractivity contribution in [1.29, 1.82) is 0 Å². The summed E-state index contributed by atoms with van der Waals surface area (Å²) in [4.78, 5) is 39.1. The summed E-state index contributed by atoms with van der Waals surface area (Å²) >= 11 is 0. The number of carbonyl (C=O) groups excluding carboxylic acids is 3. The molecule has 2 N–H and O–H groups in total. The van der Waals surface area contributed by atoms with E-state index in [0.29, 0.717) is 37.4 Å². The first-order valence-electron chi connectivity index (χ1n) is 8.06. The minimum absolute atomic E-state index is 0.0144. The standard InChI is InChI=1S/C17H21N3O4/c1-11-2-3-13-14(8-11)24-10-16(22)20(13)9-15(21)19-6-4-12(5-7-19)17(18)23/h2-3,8,12H,4-7,9-10H2,1H3,(H2,18,23). The van der Waals surface area contributed by atoms with Crippen molar-refractivity contribution in [2.24, 2.45) is 11.7 Å². The first-order chi connectivity index (χ1) is 11.5. The zero-order valence-electron chi connectivity index (χ0n) is 13.7. The van der Waals surface area contributed by atoms with Gasteiger partial charge in [-0.1, -0.05) is 6.07 Å². The van der Waals surface area contributed by atoms with Gasteiger partial charge in [0.2, 0.25) is 11.8 Å². The molecule has 128 valence electrons. The molecule has 1 aromatic carbocycles. The van der Waals surface area contributed by atoms with Gasteiger partial charge in [-0.2, -0.15) is 0 Å². The van der Waals surface area contributed by atoms with Crippen LogP contribution in [-0.4, -0.2) is 48.9 Å². The number of carbonyl (C=O) groups is 3. The van der Waals surface area contributed by atoms with Crippen LogP contribution in [0.25, 0.3) is 0 Å². The van der Waals surface area contributed by atoms with Crippen LogP contribution in [0.1, 0.15) is 18.4 Å². The van der Waals surface area contributed by atoms with Gasteiger partial charge in [0, 0.05) is 19.0 Å². The lowest BCUT2D eigenvalue weighted by atomic mass is 9.96. The van der Waals surface area contributed by atoms with Gasteiger partial charge < -0.3 is 15.4 Å². The molecule has 0 aliphatic carbocycles. The highest BCUT2D eigenvalue weighted by Gasteiger charge is 2.31. The summed E-state index contributed by atoms with van der Waals surface area (Å²) < 4.78 is 5.45. The third kappa shape index (κ3) is 3.20. The maximum absolute atomic E-state index is 12.5. The number of primary amides is 1. The lowest BCUT2D eigenvalue weighted by molar-refractivity contribution is -0.134. The van der Waals surface area contributed by atoms with E-state index in [0.717, 1.165) is 5.56 Å². The van der Waals surface area contributed by atoms with Crippen LogP contribution in [0, 0.1) is 12.8 Å². The SMILES string of the molecule is Cc1ccc2c(c1)OCC(=O)N2CC(=O)N1CCC(C(N)=O)CC1. The Morgan fingerprint density at radius 3 is 2.67 bits per heavy atom. The first kappa shape index (κ1) is 16.3. The molecule has 0 saturated carbocycles. The van der Waals surface area contributed by atoms with Crippen molar-refractivity contribution in [3.05, 3.63) is 23.8 Å². The molecule has 1 saturated heterocycles. The van der Waals surface area contributed by atoms with E-state index in [1.807, 2.05) is 19.1 Å². The molecule has 3 rings (SSSR count). The molecular weight excluding hydrogens is 310 g/mol. The summed E-state index contributed by atoms with van der Waals surface area (Å²) in [6.07, 6.45) is 1.15. The summed E-state index contributed by atoms with van der Waals surface area (Å²) in [5.41, 5.74) is 6.97. The minimum atomic E-state index is -0.310. The van der Waals surface area contributed by atoms with Gasteiger partial charge in [-0.05, 0) is 37.5 Å². The Morgan fingerprint density at radius 1 is 1.29 bits per heavy atom. The number of benzene rings is 1. The Balaban J connectivity index is 1.69. The fraction of sp³-hybridized carbons (Fsp3) is 0.471. The van der Waals surface area contributed by atoms with Gasteiger partial charge in [0.1, 0.15) is 12.3 Å². The van der Waals surface area contributed by atoms with Crippen LogP contribution in [0.15, 0.2) is 18.2 Å². The summed E-state index contributed by atoms with van der Waals surface area (Å²) in [5.74, 6) is -0.209. The third-order valence-corrected chi connectivity index (χ3v) is 4.60. The van der Waals surface area contributed by atoms with E-state index < -0.39 is 0 Å². The van der Waals surface area contributed by atoms with Crippen molar-refractivity contribution in [3.63, 3.8) is 0 Å². The Morgan fingerprint density at radius 2 is 2.00 bits per heavy atom. The molecule has 0 unspecified atom stereocenters. The number of rotatable bonds is 3. The second kappa shape index (κ2) is 6.51. The molecule has 0 aromatic heterocycles. The van der Waals surface area contributed by atoms with E-state index in [-0.39, 0.29) is 36.8 Å². The number of nitrogens with two attached hydrogens (primary N) is 1. The fourth-order valence-electron chi connectivity index (χ4n) is 3.13. The van der Waals surface area contributed by atoms with Crippen molar-refractivity contribution in [3.8, 4) is 5.75 Å². The number of anilines is 1. The number of hydrogen-bond donors (Lipinski definition) is 1. The molecule has 0 spiro atoms. The van der Waals surface area contributed by atoms with Crippen molar-refractivity contribution in [1.82, 2.24) is 4.90 Å². The van der Waals surface area contributed by atoms with Crippen molar-refractivity contribution in [2.45, 2.75) is 19.8 Å². The molecule has 0 radical (unpaired) electrons. The average Bonchev–Trinajstić information content (AvgIpc) is 2.57. The predicted molar refractivity (Wildman–Crippen MR) is 87.5 cm³/mol. The number of fused-ring (bicyclic) bond motifs is 1. The highest BCUT2D eigenvalue weighted by atomic mass is 16.5. The zero-order valence-corrected chi connectivity index (χ0v) is 13.7. The molecule has 1 aromatic rings. The van der Waals surface area contributed by atoms with Crippen LogP contribution in [0.4, 0.5) is 5.69 Å². The number of likely N-dealkylation sites (tertiary alicyclic amines) is 1. The average molecular weight is 331 g/mol. The number of piperidine rings is 1. The molecular formula is C17H21N3O4. The van der Waals surface area contributed by atoms with E-state index in [2.05, 4.69) is 0 Å². The van der Waals surface area contributed by atoms with Crippen LogP contribution >= 0.6 is 0 Å². The first-order valence-corrected chi connectivity index (χ1v) is 8.06. The number of nitrogens with zero attached hydrogens (tertiary/aromatic N) is 2. The van der Waals surface area contributed by atoms with Gasteiger partial charge in [0.25, 0.3) is 5.91 Å². The van der Waals surface area contributed by atoms with Crippen molar-refractivity contribution < 1.29 is 19.1 Å². The molecule has 24 heavy (non-hydrogen) atoms. The van der Waals surface area contributed by atoms with E-state index in [1.165, 1.54) is 4.90 Å². The Hall–Kier alpha value is -2.57. The van der Waals surface area contributed by atoms with E-state index in [1.54, 1.807) is 11.0 Å². The largest absolute Gasteiger partial charge is 0.482 e. The molecule has 7 nitrogen and oxygen atoms in total. The molecule has 2 aliphatic heterocycles. The molecule has 0 bridgehead atoms. The zero-order chi connectivity index (χ0) is 17.3. The summed E-state index contributed by atoms with van der Waals surface area (Å²) in [6.45, 7) is 2.85. The van der Waals surface area contributed by atoms with Crippen LogP contribution < -0.4 is 15.4 Å². The number of amides is 3. The van der Waals surface area contributed by atoms with E-state index in [9.17, 15) is 14.4 Å². The Kier molecular flexibility index (Phi) is 4.42. The van der Waals surface area contributed by atoms with Crippen LogP contribution in [-0.2, 0) is 14.4 Å². The summed E-state index contributed by atoms with van der Waals surface area (Å²) in [6, 6.07) is 5.54. The fourth-order valence-corrected chi connectivity index (χ4v) is 3.13. The topological polar surface area (TPSA) is 92.9 Å². The van der Waals surface area contributed by atoms with Crippen LogP contribution in [0.5, 0.6) is 5.75 Å². The third-order valence-electron chi connectivity index (χ3n) is 4.60. The van der Waals surface area contributed by atoms with Gasteiger partial charge in [0.15, 0.2) is 6.61 Å². The predicted octanol–water partition coefficient (Wildman–Crippen LogP) is 0.444. The van der Waals surface area contributed by atoms with E-state index >= 15 is 0 Å². The molecule has 1 fully saturated rings. The number of hydrogen-bond acceptors (Lipinski definition) is 4. The Labute approximate surface area is 140 Å². The van der Waals surface area contributed by atoms with Gasteiger partial charge in [-0.15, -0.1) is 0 Å². The second-order valence-corrected chi connectivity index (χ2v) is 6.30. The Bertz CT molecular complexity index is 680. The van der Waals surface area contributed by atoms with Gasteiger partial charge in [-0.25, -0.2) is 0 Å². The molecule has 7 heteroatoms.